The number of aryl methyl sites for hydroxylation is 1. The Hall–Kier alpha value is -3.03. The lowest BCUT2D eigenvalue weighted by molar-refractivity contribution is -0.115. The molecule has 1 fully saturated rings. The van der Waals surface area contributed by atoms with E-state index in [-0.39, 0.29) is 5.91 Å². The van der Waals surface area contributed by atoms with Crippen molar-refractivity contribution in [2.24, 2.45) is 4.99 Å². The molecule has 1 N–H and O–H groups in total. The van der Waals surface area contributed by atoms with Crippen molar-refractivity contribution in [3.05, 3.63) is 92.8 Å². The van der Waals surface area contributed by atoms with Gasteiger partial charge >= 0.3 is 0 Å². The van der Waals surface area contributed by atoms with Crippen LogP contribution in [0.25, 0.3) is 6.08 Å². The van der Waals surface area contributed by atoms with E-state index in [1.165, 1.54) is 17.3 Å². The monoisotopic (exact) mass is 522 g/mol. The molecule has 1 aliphatic heterocycles. The van der Waals surface area contributed by atoms with Crippen molar-refractivity contribution in [3.63, 3.8) is 0 Å². The zero-order valence-corrected chi connectivity index (χ0v) is 20.7. The fraction of sp³-hybridized carbons (Fsp3) is 0.154. The summed E-state index contributed by atoms with van der Waals surface area (Å²) in [5, 5.41) is 3.37. The third-order valence-corrected chi connectivity index (χ3v) is 6.27. The molecule has 3 aromatic rings. The number of nitrogens with one attached hydrogen (secondary N) is 1. The van der Waals surface area contributed by atoms with E-state index in [0.717, 1.165) is 21.3 Å². The van der Waals surface area contributed by atoms with E-state index in [4.69, 9.17) is 9.47 Å². The zero-order chi connectivity index (χ0) is 23.2. The van der Waals surface area contributed by atoms with E-state index in [1.807, 2.05) is 67.6 Å². The van der Waals surface area contributed by atoms with Crippen LogP contribution >= 0.6 is 27.7 Å². The number of ether oxygens (including phenoxy) is 2. The number of amides is 1. The number of benzene rings is 3. The molecule has 0 aliphatic carbocycles. The molecule has 4 rings (SSSR count). The van der Waals surface area contributed by atoms with Crippen LogP contribution in [0.5, 0.6) is 11.5 Å². The highest BCUT2D eigenvalue weighted by Crippen LogP contribution is 2.39. The summed E-state index contributed by atoms with van der Waals surface area (Å²) < 4.78 is 12.7. The third-order valence-electron chi connectivity index (χ3n) is 4.77. The van der Waals surface area contributed by atoms with Gasteiger partial charge in [-0.15, -0.1) is 0 Å². The summed E-state index contributed by atoms with van der Waals surface area (Å²) in [7, 11) is 0. The van der Waals surface area contributed by atoms with Gasteiger partial charge in [0.1, 0.15) is 6.61 Å². The Morgan fingerprint density at radius 2 is 1.82 bits per heavy atom. The van der Waals surface area contributed by atoms with Gasteiger partial charge in [-0.25, -0.2) is 4.99 Å². The van der Waals surface area contributed by atoms with E-state index in [0.29, 0.717) is 34.8 Å². The van der Waals surface area contributed by atoms with Crippen molar-refractivity contribution in [2.75, 3.05) is 6.61 Å². The lowest BCUT2D eigenvalue weighted by Gasteiger charge is -2.15. The number of carbonyl (C=O) groups is 1. The summed E-state index contributed by atoms with van der Waals surface area (Å²) in [6.07, 6.45) is 1.82. The minimum Gasteiger partial charge on any atom is -0.490 e. The van der Waals surface area contributed by atoms with Crippen LogP contribution in [0.1, 0.15) is 23.6 Å². The highest BCUT2D eigenvalue weighted by atomic mass is 79.9. The standard InChI is InChI=1S/C26H23BrN2O3S/c1-3-31-22-14-19(13-21(27)24(22)32-16-18-11-9-17(2)10-12-18)15-23-25(30)29-26(33-23)28-20-7-5-4-6-8-20/h4-15H,3,16H2,1-2H3,(H,28,29,30)/b23-15-. The first kappa shape index (κ1) is 23.1. The predicted octanol–water partition coefficient (Wildman–Crippen LogP) is 6.63. The average molecular weight is 523 g/mol. The number of rotatable bonds is 7. The van der Waals surface area contributed by atoms with Crippen molar-refractivity contribution < 1.29 is 14.3 Å². The molecule has 33 heavy (non-hydrogen) atoms. The van der Waals surface area contributed by atoms with Gasteiger partial charge in [-0.3, -0.25) is 4.79 Å². The third kappa shape index (κ3) is 6.06. The van der Waals surface area contributed by atoms with Crippen LogP contribution in [0.4, 0.5) is 5.69 Å². The van der Waals surface area contributed by atoms with E-state index in [9.17, 15) is 4.79 Å². The van der Waals surface area contributed by atoms with Crippen LogP contribution in [0, 0.1) is 6.92 Å². The molecule has 168 valence electrons. The van der Waals surface area contributed by atoms with E-state index in [2.05, 4.69) is 45.3 Å². The number of para-hydroxylation sites is 1. The van der Waals surface area contributed by atoms with Gasteiger partial charge in [0.2, 0.25) is 0 Å². The first-order chi connectivity index (χ1) is 16.0. The van der Waals surface area contributed by atoms with E-state index in [1.54, 1.807) is 0 Å². The molecule has 1 amide bonds. The number of hydrogen-bond acceptors (Lipinski definition) is 5. The van der Waals surface area contributed by atoms with E-state index >= 15 is 0 Å². The fourth-order valence-corrected chi connectivity index (χ4v) is 4.58. The first-order valence-corrected chi connectivity index (χ1v) is 12.1. The highest BCUT2D eigenvalue weighted by molar-refractivity contribution is 9.10. The topological polar surface area (TPSA) is 59.9 Å². The molecule has 0 saturated carbocycles. The van der Waals surface area contributed by atoms with Gasteiger partial charge in [-0.2, -0.15) is 0 Å². The van der Waals surface area contributed by atoms with Gasteiger partial charge in [0, 0.05) is 0 Å². The number of aliphatic imine (C=N–C) groups is 1. The number of nitrogens with zero attached hydrogens (tertiary/aromatic N) is 1. The number of thioether (sulfide) groups is 1. The maximum absolute atomic E-state index is 12.5. The van der Waals surface area contributed by atoms with Gasteiger partial charge in [0.25, 0.3) is 5.91 Å². The summed E-state index contributed by atoms with van der Waals surface area (Å²) >= 11 is 4.92. The second-order valence-electron chi connectivity index (χ2n) is 7.35. The largest absolute Gasteiger partial charge is 0.490 e. The minimum atomic E-state index is -0.177. The summed E-state index contributed by atoms with van der Waals surface area (Å²) in [5.41, 5.74) is 3.90. The number of amidine groups is 1. The summed E-state index contributed by atoms with van der Waals surface area (Å²) in [5.74, 6) is 1.07. The molecular weight excluding hydrogens is 500 g/mol. The Kier molecular flexibility index (Phi) is 7.52. The van der Waals surface area contributed by atoms with Gasteiger partial charge in [0.05, 0.1) is 21.7 Å². The molecule has 0 radical (unpaired) electrons. The van der Waals surface area contributed by atoms with Crippen LogP contribution in [-0.4, -0.2) is 17.7 Å². The van der Waals surface area contributed by atoms with Crippen molar-refractivity contribution in [3.8, 4) is 11.5 Å². The summed E-state index contributed by atoms with van der Waals surface area (Å²) in [6.45, 7) is 4.91. The van der Waals surface area contributed by atoms with Gasteiger partial charge < -0.3 is 14.8 Å². The first-order valence-electron chi connectivity index (χ1n) is 10.5. The molecule has 0 unspecified atom stereocenters. The Bertz CT molecular complexity index is 1210. The summed E-state index contributed by atoms with van der Waals surface area (Å²) in [4.78, 5) is 17.5. The molecule has 0 spiro atoms. The lowest BCUT2D eigenvalue weighted by atomic mass is 10.1. The van der Waals surface area contributed by atoms with Crippen molar-refractivity contribution in [1.82, 2.24) is 5.32 Å². The molecular formula is C26H23BrN2O3S. The number of hydrogen-bond donors (Lipinski definition) is 1. The van der Waals surface area contributed by atoms with Crippen LogP contribution in [0.3, 0.4) is 0 Å². The molecule has 0 atom stereocenters. The SMILES string of the molecule is CCOc1cc(/C=C2\SC(=Nc3ccccc3)NC2=O)cc(Br)c1OCc1ccc(C)cc1. The van der Waals surface area contributed by atoms with Gasteiger partial charge in [0.15, 0.2) is 16.7 Å². The molecule has 3 aromatic carbocycles. The van der Waals surface area contributed by atoms with Crippen molar-refractivity contribution >= 4 is 50.5 Å². The minimum absolute atomic E-state index is 0.177. The molecule has 5 nitrogen and oxygen atoms in total. The van der Waals surface area contributed by atoms with Crippen molar-refractivity contribution in [2.45, 2.75) is 20.5 Å². The van der Waals surface area contributed by atoms with Crippen LogP contribution < -0.4 is 14.8 Å². The molecule has 1 heterocycles. The molecule has 0 bridgehead atoms. The number of halogens is 1. The predicted molar refractivity (Wildman–Crippen MR) is 138 cm³/mol. The smallest absolute Gasteiger partial charge is 0.264 e. The highest BCUT2D eigenvalue weighted by Gasteiger charge is 2.24. The summed E-state index contributed by atoms with van der Waals surface area (Å²) in [6, 6.07) is 21.5. The van der Waals surface area contributed by atoms with Crippen molar-refractivity contribution in [1.29, 1.82) is 0 Å². The zero-order valence-electron chi connectivity index (χ0n) is 18.3. The quantitative estimate of drug-likeness (QED) is 0.354. The Morgan fingerprint density at radius 1 is 1.06 bits per heavy atom. The molecule has 1 saturated heterocycles. The van der Waals surface area contributed by atoms with Gasteiger partial charge in [-0.05, 0) is 83.0 Å². The maximum Gasteiger partial charge on any atom is 0.264 e. The Balaban J connectivity index is 1.55. The van der Waals surface area contributed by atoms with Crippen LogP contribution in [0.15, 0.2) is 81.1 Å². The average Bonchev–Trinajstić information content (AvgIpc) is 3.13. The Morgan fingerprint density at radius 3 is 2.55 bits per heavy atom. The second-order valence-corrected chi connectivity index (χ2v) is 9.24. The number of carbonyl (C=O) groups excluding carboxylic acids is 1. The normalized spacial score (nSPS) is 15.7. The maximum atomic E-state index is 12.5. The van der Waals surface area contributed by atoms with E-state index < -0.39 is 0 Å². The van der Waals surface area contributed by atoms with Crippen LogP contribution in [-0.2, 0) is 11.4 Å². The Labute approximate surface area is 206 Å². The fourth-order valence-electron chi connectivity index (χ4n) is 3.17. The van der Waals surface area contributed by atoms with Gasteiger partial charge in [-0.1, -0.05) is 48.0 Å². The molecule has 7 heteroatoms. The molecule has 0 aromatic heterocycles. The second kappa shape index (κ2) is 10.7. The lowest BCUT2D eigenvalue weighted by Crippen LogP contribution is -2.19. The van der Waals surface area contributed by atoms with Crippen LogP contribution in [0.2, 0.25) is 0 Å². The molecule has 1 aliphatic rings.